The van der Waals surface area contributed by atoms with Crippen LogP contribution in [0.25, 0.3) is 0 Å². The molecular weight excluding hydrogens is 268 g/mol. The Balaban J connectivity index is 2.10. The Bertz CT molecular complexity index is 536. The molecule has 1 aliphatic heterocycles. The summed E-state index contributed by atoms with van der Waals surface area (Å²) in [4.78, 5) is 25.1. The van der Waals surface area contributed by atoms with Crippen molar-refractivity contribution < 1.29 is 14.7 Å². The molecule has 2 atom stereocenters. The third-order valence-electron chi connectivity index (χ3n) is 3.67. The van der Waals surface area contributed by atoms with Crippen LogP contribution in [0, 0.1) is 13.8 Å². The van der Waals surface area contributed by atoms with E-state index < -0.39 is 18.2 Å². The number of nitrogens with one attached hydrogen (secondary N) is 1. The minimum Gasteiger partial charge on any atom is -0.387 e. The van der Waals surface area contributed by atoms with Crippen molar-refractivity contribution >= 4 is 11.9 Å². The van der Waals surface area contributed by atoms with Gasteiger partial charge < -0.3 is 10.4 Å². The van der Waals surface area contributed by atoms with Gasteiger partial charge in [-0.15, -0.1) is 0 Å². The van der Waals surface area contributed by atoms with Crippen molar-refractivity contribution in [2.75, 3.05) is 6.54 Å². The summed E-state index contributed by atoms with van der Waals surface area (Å²) in [5, 5.41) is 13.0. The van der Waals surface area contributed by atoms with Crippen LogP contribution in [-0.2, 0) is 4.79 Å². The normalized spacial score (nSPS) is 19.8. The number of aryl methyl sites for hydroxylation is 2. The zero-order valence-corrected chi connectivity index (χ0v) is 12.7. The fourth-order valence-corrected chi connectivity index (χ4v) is 2.71. The first kappa shape index (κ1) is 15.5. The van der Waals surface area contributed by atoms with Gasteiger partial charge in [0.15, 0.2) is 0 Å². The highest BCUT2D eigenvalue weighted by Crippen LogP contribution is 2.20. The van der Waals surface area contributed by atoms with E-state index in [1.807, 2.05) is 39.0 Å². The van der Waals surface area contributed by atoms with Crippen molar-refractivity contribution in [2.45, 2.75) is 45.8 Å². The number of carbonyl (C=O) groups is 2. The first-order chi connectivity index (χ1) is 9.92. The first-order valence-corrected chi connectivity index (χ1v) is 7.30. The molecule has 2 N–H and O–H groups in total. The van der Waals surface area contributed by atoms with E-state index in [0.717, 1.165) is 28.0 Å². The minimum atomic E-state index is -0.862. The summed E-state index contributed by atoms with van der Waals surface area (Å²) in [5.41, 5.74) is 2.82. The summed E-state index contributed by atoms with van der Waals surface area (Å²) >= 11 is 0. The van der Waals surface area contributed by atoms with Crippen LogP contribution in [0.2, 0.25) is 0 Å². The molecule has 3 amide bonds. The zero-order valence-electron chi connectivity index (χ0n) is 12.7. The molecule has 1 saturated heterocycles. The van der Waals surface area contributed by atoms with Crippen molar-refractivity contribution in [1.82, 2.24) is 10.2 Å². The molecule has 0 aliphatic carbocycles. The van der Waals surface area contributed by atoms with Crippen molar-refractivity contribution in [3.8, 4) is 0 Å². The quantitative estimate of drug-likeness (QED) is 0.815. The van der Waals surface area contributed by atoms with Gasteiger partial charge in [-0.25, -0.2) is 4.79 Å². The molecule has 114 valence electrons. The maximum atomic E-state index is 12.1. The molecule has 1 aliphatic rings. The topological polar surface area (TPSA) is 69.6 Å². The highest BCUT2D eigenvalue weighted by molar-refractivity contribution is 6.04. The van der Waals surface area contributed by atoms with Gasteiger partial charge >= 0.3 is 6.03 Å². The van der Waals surface area contributed by atoms with Crippen molar-refractivity contribution in [1.29, 1.82) is 0 Å². The second kappa shape index (κ2) is 6.26. The number of β-amino-alcohol motifs (C(OH)–C–C–N with tert-alkyl or cyclic N) is 1. The molecule has 5 heteroatoms. The number of rotatable bonds is 5. The van der Waals surface area contributed by atoms with Crippen LogP contribution in [0.4, 0.5) is 4.79 Å². The van der Waals surface area contributed by atoms with E-state index in [1.165, 1.54) is 0 Å². The zero-order chi connectivity index (χ0) is 15.6. The highest BCUT2D eigenvalue weighted by atomic mass is 16.3. The van der Waals surface area contributed by atoms with Gasteiger partial charge in [-0.1, -0.05) is 42.7 Å². The van der Waals surface area contributed by atoms with E-state index in [9.17, 15) is 14.7 Å². The molecule has 1 fully saturated rings. The number of nitrogens with zero attached hydrogens (tertiary/aromatic N) is 1. The average Bonchev–Trinajstić information content (AvgIpc) is 2.66. The van der Waals surface area contributed by atoms with Gasteiger partial charge in [-0.2, -0.15) is 0 Å². The molecule has 5 nitrogen and oxygen atoms in total. The lowest BCUT2D eigenvalue weighted by Crippen LogP contribution is -2.35. The molecule has 1 heterocycles. The van der Waals surface area contributed by atoms with Gasteiger partial charge in [0, 0.05) is 0 Å². The average molecular weight is 290 g/mol. The standard InChI is InChI=1S/C16H22N2O3/c1-4-5-13-15(20)18(16(21)17-13)9-14(19)12-7-10(2)6-11(3)8-12/h6-8,13-14,19H,4-5,9H2,1-3H3,(H,17,21). The number of benzene rings is 1. The molecular formula is C16H22N2O3. The molecule has 2 rings (SSSR count). The van der Waals surface area contributed by atoms with Crippen LogP contribution >= 0.6 is 0 Å². The van der Waals surface area contributed by atoms with E-state index in [-0.39, 0.29) is 12.5 Å². The Morgan fingerprint density at radius 1 is 1.24 bits per heavy atom. The minimum absolute atomic E-state index is 0.00618. The highest BCUT2D eigenvalue weighted by Gasteiger charge is 2.38. The van der Waals surface area contributed by atoms with Crippen LogP contribution < -0.4 is 5.32 Å². The smallest absolute Gasteiger partial charge is 0.324 e. The third kappa shape index (κ3) is 3.42. The number of imide groups is 1. The molecule has 0 aromatic heterocycles. The van der Waals surface area contributed by atoms with Crippen molar-refractivity contribution in [3.05, 3.63) is 34.9 Å². The van der Waals surface area contributed by atoms with Crippen LogP contribution in [0.1, 0.15) is 42.6 Å². The van der Waals surface area contributed by atoms with Gasteiger partial charge in [0.25, 0.3) is 5.91 Å². The summed E-state index contributed by atoms with van der Waals surface area (Å²) in [7, 11) is 0. The monoisotopic (exact) mass is 290 g/mol. The molecule has 0 spiro atoms. The number of urea groups is 1. The third-order valence-corrected chi connectivity index (χ3v) is 3.67. The van der Waals surface area contributed by atoms with Gasteiger partial charge in [0.1, 0.15) is 6.04 Å². The van der Waals surface area contributed by atoms with Gasteiger partial charge in [0.2, 0.25) is 0 Å². The number of hydrogen-bond acceptors (Lipinski definition) is 3. The summed E-state index contributed by atoms with van der Waals surface area (Å²) in [6.45, 7) is 5.86. The van der Waals surface area contributed by atoms with E-state index in [2.05, 4.69) is 5.32 Å². The number of aliphatic hydroxyl groups excluding tert-OH is 1. The first-order valence-electron chi connectivity index (χ1n) is 7.30. The largest absolute Gasteiger partial charge is 0.387 e. The summed E-state index contributed by atoms with van der Waals surface area (Å²) in [6, 6.07) is 4.90. The molecule has 21 heavy (non-hydrogen) atoms. The predicted molar refractivity (Wildman–Crippen MR) is 79.8 cm³/mol. The molecule has 1 aromatic rings. The van der Waals surface area contributed by atoms with Crippen LogP contribution in [0.15, 0.2) is 18.2 Å². The SMILES string of the molecule is CCCC1NC(=O)N(CC(O)c2cc(C)cc(C)c2)C1=O. The van der Waals surface area contributed by atoms with Crippen LogP contribution in [0.3, 0.4) is 0 Å². The van der Waals surface area contributed by atoms with Crippen molar-refractivity contribution in [2.24, 2.45) is 0 Å². The number of aliphatic hydroxyl groups is 1. The van der Waals surface area contributed by atoms with E-state index in [0.29, 0.717) is 6.42 Å². The fraction of sp³-hybridized carbons (Fsp3) is 0.500. The Morgan fingerprint density at radius 3 is 2.43 bits per heavy atom. The van der Waals surface area contributed by atoms with Gasteiger partial charge in [0.05, 0.1) is 12.6 Å². The second-order valence-electron chi connectivity index (χ2n) is 5.68. The summed E-state index contributed by atoms with van der Waals surface area (Å²) in [6.07, 6.45) is 0.587. The number of hydrogen-bond donors (Lipinski definition) is 2. The Labute approximate surface area is 125 Å². The van der Waals surface area contributed by atoms with Crippen molar-refractivity contribution in [3.63, 3.8) is 0 Å². The van der Waals surface area contributed by atoms with E-state index in [4.69, 9.17) is 0 Å². The predicted octanol–water partition coefficient (Wildman–Crippen LogP) is 2.06. The second-order valence-corrected chi connectivity index (χ2v) is 5.68. The van der Waals surface area contributed by atoms with Crippen LogP contribution in [-0.4, -0.2) is 34.5 Å². The molecule has 0 saturated carbocycles. The molecule has 0 radical (unpaired) electrons. The molecule has 1 aromatic carbocycles. The lowest BCUT2D eigenvalue weighted by atomic mass is 10.0. The molecule has 0 bridgehead atoms. The number of carbonyl (C=O) groups excluding carboxylic acids is 2. The van der Waals surface area contributed by atoms with Gasteiger partial charge in [-0.3, -0.25) is 9.69 Å². The molecule has 2 unspecified atom stereocenters. The summed E-state index contributed by atoms with van der Waals surface area (Å²) < 4.78 is 0. The fourth-order valence-electron chi connectivity index (χ4n) is 2.71. The maximum absolute atomic E-state index is 12.1. The maximum Gasteiger partial charge on any atom is 0.324 e. The van der Waals surface area contributed by atoms with Crippen LogP contribution in [0.5, 0.6) is 0 Å². The Morgan fingerprint density at radius 2 is 1.86 bits per heavy atom. The Kier molecular flexibility index (Phi) is 4.63. The van der Waals surface area contributed by atoms with E-state index in [1.54, 1.807) is 0 Å². The van der Waals surface area contributed by atoms with E-state index >= 15 is 0 Å². The summed E-state index contributed by atoms with van der Waals surface area (Å²) in [5.74, 6) is -0.245. The Hall–Kier alpha value is -1.88. The number of amides is 3. The lowest BCUT2D eigenvalue weighted by molar-refractivity contribution is -0.128. The lowest BCUT2D eigenvalue weighted by Gasteiger charge is -2.19. The van der Waals surface area contributed by atoms with Gasteiger partial charge in [-0.05, 0) is 25.8 Å².